The van der Waals surface area contributed by atoms with Crippen LogP contribution in [0.1, 0.15) is 45.1 Å². The van der Waals surface area contributed by atoms with E-state index >= 15 is 0 Å². The van der Waals surface area contributed by atoms with Crippen LogP contribution in [-0.4, -0.2) is 41.6 Å². The van der Waals surface area contributed by atoms with Gasteiger partial charge in [-0.3, -0.25) is 0 Å². The predicted molar refractivity (Wildman–Crippen MR) is 133 cm³/mol. The topological polar surface area (TPSA) is 89.1 Å². The first-order valence-corrected chi connectivity index (χ1v) is 11.8. The second-order valence-corrected chi connectivity index (χ2v) is 8.50. The molecular formula is C28H34O6. The molecule has 6 heteroatoms. The first-order chi connectivity index (χ1) is 16.4. The van der Waals surface area contributed by atoms with E-state index in [1.165, 1.54) is 5.56 Å². The summed E-state index contributed by atoms with van der Waals surface area (Å²) >= 11 is 0. The summed E-state index contributed by atoms with van der Waals surface area (Å²) in [6.45, 7) is 7.84. The molecule has 0 aliphatic carbocycles. The molecule has 0 spiro atoms. The number of aryl methyl sites for hydroxylation is 1. The van der Waals surface area contributed by atoms with Gasteiger partial charge < -0.3 is 24.1 Å². The lowest BCUT2D eigenvalue weighted by Crippen LogP contribution is -2.26. The van der Waals surface area contributed by atoms with Gasteiger partial charge in [-0.05, 0) is 62.8 Å². The van der Waals surface area contributed by atoms with Gasteiger partial charge in [0.05, 0.1) is 25.4 Å². The Labute approximate surface area is 200 Å². The number of hydrogen-bond donors (Lipinski definition) is 2. The zero-order chi connectivity index (χ0) is 24.5. The van der Waals surface area contributed by atoms with Crippen LogP contribution in [0, 0.1) is 0 Å². The molecule has 1 heterocycles. The maximum Gasteiger partial charge on any atom is 0.333 e. The number of hydrogen-bond acceptors (Lipinski definition) is 6. The zero-order valence-electron chi connectivity index (χ0n) is 20.0. The molecule has 0 aliphatic rings. The van der Waals surface area contributed by atoms with Crippen LogP contribution in [0.3, 0.4) is 0 Å². The van der Waals surface area contributed by atoms with Gasteiger partial charge >= 0.3 is 5.97 Å². The Morgan fingerprint density at radius 3 is 2.44 bits per heavy atom. The standard InChI is InChI=1S/C28H34O6/c1-4-20-9-5-6-10-23(20)27-17-21-13-14-22(18-26(21)34-27)32-15-7-11-24(29)25(30)12-8-16-33-28(31)19(2)3/h5-6,9-10,13-14,17-18,24-25,29-30H,2,4,7-8,11-12,15-16H2,1,3H3. The van der Waals surface area contributed by atoms with Gasteiger partial charge in [-0.1, -0.05) is 37.8 Å². The normalized spacial score (nSPS) is 12.9. The van der Waals surface area contributed by atoms with Crippen LogP contribution < -0.4 is 4.74 Å². The number of aliphatic hydroxyl groups excluding tert-OH is 2. The first-order valence-electron chi connectivity index (χ1n) is 11.8. The summed E-state index contributed by atoms with van der Waals surface area (Å²) in [5.74, 6) is 1.10. The van der Waals surface area contributed by atoms with Crippen molar-refractivity contribution in [3.63, 3.8) is 0 Å². The van der Waals surface area contributed by atoms with Crippen molar-refractivity contribution in [3.05, 3.63) is 66.2 Å². The fraction of sp³-hybridized carbons (Fsp3) is 0.393. The monoisotopic (exact) mass is 466 g/mol. The highest BCUT2D eigenvalue weighted by atomic mass is 16.5. The molecule has 0 saturated carbocycles. The number of ether oxygens (including phenoxy) is 2. The molecule has 0 radical (unpaired) electrons. The van der Waals surface area contributed by atoms with E-state index in [0.717, 1.165) is 28.7 Å². The summed E-state index contributed by atoms with van der Waals surface area (Å²) < 4.78 is 16.9. The van der Waals surface area contributed by atoms with Crippen LogP contribution in [-0.2, 0) is 16.0 Å². The van der Waals surface area contributed by atoms with Crippen LogP contribution in [0.4, 0.5) is 0 Å². The zero-order valence-corrected chi connectivity index (χ0v) is 20.0. The maximum atomic E-state index is 11.3. The average Bonchev–Trinajstić information content (AvgIpc) is 3.27. The Morgan fingerprint density at radius 1 is 1.03 bits per heavy atom. The van der Waals surface area contributed by atoms with E-state index in [1.807, 2.05) is 36.4 Å². The van der Waals surface area contributed by atoms with E-state index < -0.39 is 18.2 Å². The number of carbonyl (C=O) groups is 1. The highest BCUT2D eigenvalue weighted by Gasteiger charge is 2.16. The van der Waals surface area contributed by atoms with Crippen LogP contribution in [0.5, 0.6) is 5.75 Å². The van der Waals surface area contributed by atoms with Gasteiger partial charge in [0.1, 0.15) is 17.1 Å². The minimum atomic E-state index is -0.868. The fourth-order valence-corrected chi connectivity index (χ4v) is 3.75. The quantitative estimate of drug-likeness (QED) is 0.198. The van der Waals surface area contributed by atoms with Gasteiger partial charge in [0.15, 0.2) is 0 Å². The Hall–Kier alpha value is -3.09. The van der Waals surface area contributed by atoms with Gasteiger partial charge in [-0.25, -0.2) is 4.79 Å². The number of aliphatic hydroxyl groups is 2. The Morgan fingerprint density at radius 2 is 1.74 bits per heavy atom. The molecule has 2 N–H and O–H groups in total. The van der Waals surface area contributed by atoms with E-state index in [9.17, 15) is 15.0 Å². The largest absolute Gasteiger partial charge is 0.493 e. The van der Waals surface area contributed by atoms with Crippen LogP contribution >= 0.6 is 0 Å². The molecular weight excluding hydrogens is 432 g/mol. The molecule has 2 atom stereocenters. The summed E-state index contributed by atoms with van der Waals surface area (Å²) in [4.78, 5) is 11.3. The van der Waals surface area contributed by atoms with Gasteiger partial charge in [0, 0.05) is 22.6 Å². The Bertz CT molecular complexity index is 1100. The van der Waals surface area contributed by atoms with Crippen molar-refractivity contribution in [1.82, 2.24) is 0 Å². The number of carbonyl (C=O) groups excluding carboxylic acids is 1. The summed E-state index contributed by atoms with van der Waals surface area (Å²) in [6, 6.07) is 16.0. The molecule has 0 bridgehead atoms. The first kappa shape index (κ1) is 25.5. The summed E-state index contributed by atoms with van der Waals surface area (Å²) in [7, 11) is 0. The smallest absolute Gasteiger partial charge is 0.333 e. The average molecular weight is 467 g/mol. The molecule has 182 valence electrons. The summed E-state index contributed by atoms with van der Waals surface area (Å²) in [5, 5.41) is 21.3. The van der Waals surface area contributed by atoms with Crippen LogP contribution in [0.2, 0.25) is 0 Å². The van der Waals surface area contributed by atoms with Crippen molar-refractivity contribution in [3.8, 4) is 17.1 Å². The minimum absolute atomic E-state index is 0.194. The summed E-state index contributed by atoms with van der Waals surface area (Å²) in [6.07, 6.45) is 1.04. The minimum Gasteiger partial charge on any atom is -0.493 e. The number of esters is 1. The molecule has 0 amide bonds. The lowest BCUT2D eigenvalue weighted by atomic mass is 10.0. The number of fused-ring (bicyclic) bond motifs is 1. The predicted octanol–water partition coefficient (Wildman–Crippen LogP) is 5.44. The third kappa shape index (κ3) is 6.95. The third-order valence-corrected chi connectivity index (χ3v) is 5.74. The highest BCUT2D eigenvalue weighted by Crippen LogP contribution is 2.32. The second-order valence-electron chi connectivity index (χ2n) is 8.50. The van der Waals surface area contributed by atoms with Crippen LogP contribution in [0.15, 0.2) is 65.1 Å². The van der Waals surface area contributed by atoms with Crippen molar-refractivity contribution in [2.45, 2.75) is 58.2 Å². The van der Waals surface area contributed by atoms with Crippen molar-refractivity contribution < 1.29 is 28.9 Å². The Balaban J connectivity index is 1.44. The van der Waals surface area contributed by atoms with Crippen molar-refractivity contribution in [2.75, 3.05) is 13.2 Å². The van der Waals surface area contributed by atoms with Crippen molar-refractivity contribution in [1.29, 1.82) is 0 Å². The molecule has 2 unspecified atom stereocenters. The van der Waals surface area contributed by atoms with Gasteiger partial charge in [-0.15, -0.1) is 0 Å². The number of furan rings is 1. The van der Waals surface area contributed by atoms with E-state index in [2.05, 4.69) is 25.6 Å². The fourth-order valence-electron chi connectivity index (χ4n) is 3.75. The maximum absolute atomic E-state index is 11.3. The second kappa shape index (κ2) is 12.4. The molecule has 2 aromatic carbocycles. The van der Waals surface area contributed by atoms with Gasteiger partial charge in [0.2, 0.25) is 0 Å². The molecule has 1 aromatic heterocycles. The highest BCUT2D eigenvalue weighted by molar-refractivity contribution is 5.87. The molecule has 34 heavy (non-hydrogen) atoms. The molecule has 3 rings (SSSR count). The number of rotatable bonds is 13. The lowest BCUT2D eigenvalue weighted by molar-refractivity contribution is -0.139. The SMILES string of the molecule is C=C(C)C(=O)OCCCC(O)C(O)CCCOc1ccc2cc(-c3ccccc3CC)oc2c1. The molecule has 6 nitrogen and oxygen atoms in total. The van der Waals surface area contributed by atoms with Gasteiger partial charge in [0.25, 0.3) is 0 Å². The third-order valence-electron chi connectivity index (χ3n) is 5.74. The van der Waals surface area contributed by atoms with E-state index in [-0.39, 0.29) is 6.61 Å². The molecule has 0 fully saturated rings. The molecule has 0 aliphatic heterocycles. The molecule has 0 saturated heterocycles. The molecule has 3 aromatic rings. The number of benzene rings is 2. The Kier molecular flexibility index (Phi) is 9.31. The van der Waals surface area contributed by atoms with E-state index in [1.54, 1.807) is 6.92 Å². The van der Waals surface area contributed by atoms with Crippen LogP contribution in [0.25, 0.3) is 22.3 Å². The van der Waals surface area contributed by atoms with E-state index in [4.69, 9.17) is 13.9 Å². The van der Waals surface area contributed by atoms with Gasteiger partial charge in [-0.2, -0.15) is 0 Å². The van der Waals surface area contributed by atoms with Crippen molar-refractivity contribution >= 4 is 16.9 Å². The summed E-state index contributed by atoms with van der Waals surface area (Å²) in [5.41, 5.74) is 3.45. The van der Waals surface area contributed by atoms with E-state index in [0.29, 0.717) is 43.6 Å². The van der Waals surface area contributed by atoms with Crippen molar-refractivity contribution in [2.24, 2.45) is 0 Å². The lowest BCUT2D eigenvalue weighted by Gasteiger charge is -2.17.